The van der Waals surface area contributed by atoms with Crippen molar-refractivity contribution in [2.45, 2.75) is 19.0 Å². The number of aliphatic hydroxyl groups is 1. The van der Waals surface area contributed by atoms with E-state index in [4.69, 9.17) is 9.84 Å². The minimum absolute atomic E-state index is 0.184. The molecule has 20 heavy (non-hydrogen) atoms. The van der Waals surface area contributed by atoms with Crippen molar-refractivity contribution in [1.82, 2.24) is 0 Å². The second-order valence-corrected chi connectivity index (χ2v) is 3.99. The topological polar surface area (TPSA) is 102 Å². The predicted molar refractivity (Wildman–Crippen MR) is 64.9 cm³/mol. The Bertz CT molecular complexity index is 530. The van der Waals surface area contributed by atoms with Gasteiger partial charge in [0, 0.05) is 19.1 Å². The summed E-state index contributed by atoms with van der Waals surface area (Å²) in [6.45, 7) is 0.358. The quantitative estimate of drug-likeness (QED) is 0.633. The highest BCUT2D eigenvalue weighted by Gasteiger charge is 2.38. The van der Waals surface area contributed by atoms with Gasteiger partial charge in [0.2, 0.25) is 0 Å². The number of nitrogens with one attached hydrogen (secondary N) is 1. The number of benzene rings is 1. The van der Waals surface area contributed by atoms with Gasteiger partial charge in [-0.15, -0.1) is 0 Å². The van der Waals surface area contributed by atoms with Crippen LogP contribution in [0.5, 0.6) is 5.75 Å². The minimum atomic E-state index is -3.67. The molecular formula is C11H12F2N2O5. The SMILES string of the molecule is COc1ccc([N+](=O)[O-])c(NC(=O)C(O)C(C)(F)F)c1. The average Bonchev–Trinajstić information content (AvgIpc) is 2.36. The number of rotatable bonds is 5. The van der Waals surface area contributed by atoms with Crippen LogP contribution in [0.2, 0.25) is 0 Å². The summed E-state index contributed by atoms with van der Waals surface area (Å²) in [5.41, 5.74) is -0.853. The molecule has 1 aromatic rings. The lowest BCUT2D eigenvalue weighted by Gasteiger charge is -2.17. The fraction of sp³-hybridized carbons (Fsp3) is 0.364. The molecule has 0 spiro atoms. The van der Waals surface area contributed by atoms with Crippen LogP contribution >= 0.6 is 0 Å². The summed E-state index contributed by atoms with van der Waals surface area (Å²) in [6, 6.07) is 3.42. The number of nitro benzene ring substituents is 1. The molecule has 0 saturated heterocycles. The minimum Gasteiger partial charge on any atom is -0.497 e. The van der Waals surface area contributed by atoms with E-state index in [1.807, 2.05) is 5.32 Å². The summed E-state index contributed by atoms with van der Waals surface area (Å²) >= 11 is 0. The normalized spacial score (nSPS) is 12.7. The standard InChI is InChI=1S/C11H12F2N2O5/c1-11(12,13)9(16)10(17)14-7-5-6(20-2)3-4-8(7)15(18)19/h3-5,9,16H,1-2H3,(H,14,17). The Balaban J connectivity index is 3.07. The second kappa shape index (κ2) is 5.78. The third kappa shape index (κ3) is 3.60. The van der Waals surface area contributed by atoms with Crippen LogP contribution in [0.4, 0.5) is 20.2 Å². The molecule has 1 aromatic carbocycles. The fourth-order valence-corrected chi connectivity index (χ4v) is 1.33. The van der Waals surface area contributed by atoms with Crippen molar-refractivity contribution in [2.24, 2.45) is 0 Å². The summed E-state index contributed by atoms with van der Waals surface area (Å²) < 4.78 is 30.4. The van der Waals surface area contributed by atoms with Gasteiger partial charge in [0.15, 0.2) is 6.10 Å². The van der Waals surface area contributed by atoms with E-state index in [1.54, 1.807) is 0 Å². The fourth-order valence-electron chi connectivity index (χ4n) is 1.33. The van der Waals surface area contributed by atoms with E-state index in [-0.39, 0.29) is 11.4 Å². The lowest BCUT2D eigenvalue weighted by Crippen LogP contribution is -2.41. The van der Waals surface area contributed by atoms with E-state index in [1.165, 1.54) is 13.2 Å². The number of aliphatic hydroxyl groups excluding tert-OH is 1. The van der Waals surface area contributed by atoms with Crippen LogP contribution < -0.4 is 10.1 Å². The zero-order valence-electron chi connectivity index (χ0n) is 10.6. The molecule has 2 N–H and O–H groups in total. The van der Waals surface area contributed by atoms with Crippen molar-refractivity contribution >= 4 is 17.3 Å². The zero-order valence-corrected chi connectivity index (χ0v) is 10.6. The van der Waals surface area contributed by atoms with Crippen molar-refractivity contribution < 1.29 is 28.3 Å². The van der Waals surface area contributed by atoms with Crippen LogP contribution in [0.1, 0.15) is 6.92 Å². The second-order valence-electron chi connectivity index (χ2n) is 3.99. The maximum atomic E-state index is 12.8. The molecular weight excluding hydrogens is 278 g/mol. The molecule has 0 radical (unpaired) electrons. The molecule has 0 aliphatic carbocycles. The number of anilines is 1. The van der Waals surface area contributed by atoms with Gasteiger partial charge in [-0.3, -0.25) is 14.9 Å². The molecule has 0 aromatic heterocycles. The Morgan fingerprint density at radius 3 is 2.60 bits per heavy atom. The summed E-state index contributed by atoms with van der Waals surface area (Å²) in [4.78, 5) is 21.4. The number of hydrogen-bond acceptors (Lipinski definition) is 5. The maximum absolute atomic E-state index is 12.8. The van der Waals surface area contributed by atoms with Crippen LogP contribution in [0.15, 0.2) is 18.2 Å². The van der Waals surface area contributed by atoms with Gasteiger partial charge in [0.05, 0.1) is 12.0 Å². The van der Waals surface area contributed by atoms with Crippen molar-refractivity contribution in [3.63, 3.8) is 0 Å². The number of nitro groups is 1. The number of halogens is 2. The van der Waals surface area contributed by atoms with Crippen LogP contribution in [0.3, 0.4) is 0 Å². The Morgan fingerprint density at radius 2 is 2.15 bits per heavy atom. The number of alkyl halides is 2. The van der Waals surface area contributed by atoms with E-state index >= 15 is 0 Å². The van der Waals surface area contributed by atoms with Crippen LogP contribution in [0, 0.1) is 10.1 Å². The molecule has 7 nitrogen and oxygen atoms in total. The molecule has 0 heterocycles. The molecule has 110 valence electrons. The van der Waals surface area contributed by atoms with Crippen molar-refractivity contribution in [3.05, 3.63) is 28.3 Å². The molecule has 0 aliphatic rings. The smallest absolute Gasteiger partial charge is 0.293 e. The third-order valence-corrected chi connectivity index (χ3v) is 2.39. The Morgan fingerprint density at radius 1 is 1.55 bits per heavy atom. The first-order valence-corrected chi connectivity index (χ1v) is 5.36. The van der Waals surface area contributed by atoms with Crippen molar-refractivity contribution in [2.75, 3.05) is 12.4 Å². The summed E-state index contributed by atoms with van der Waals surface area (Å²) in [5, 5.41) is 21.8. The zero-order chi connectivity index (χ0) is 15.5. The summed E-state index contributed by atoms with van der Waals surface area (Å²) in [7, 11) is 1.29. The number of ether oxygens (including phenoxy) is 1. The molecule has 1 unspecified atom stereocenters. The van der Waals surface area contributed by atoms with Gasteiger partial charge in [-0.25, -0.2) is 8.78 Å². The number of methoxy groups -OCH3 is 1. The average molecular weight is 290 g/mol. The van der Waals surface area contributed by atoms with Gasteiger partial charge in [0.1, 0.15) is 11.4 Å². The van der Waals surface area contributed by atoms with Gasteiger partial charge < -0.3 is 15.2 Å². The van der Waals surface area contributed by atoms with Gasteiger partial charge in [0.25, 0.3) is 17.5 Å². The van der Waals surface area contributed by atoms with E-state index in [0.29, 0.717) is 6.92 Å². The number of carbonyl (C=O) groups excluding carboxylic acids is 1. The third-order valence-electron chi connectivity index (χ3n) is 2.39. The Hall–Kier alpha value is -2.29. The summed E-state index contributed by atoms with van der Waals surface area (Å²) in [6.07, 6.45) is -2.62. The van der Waals surface area contributed by atoms with Gasteiger partial charge in [-0.1, -0.05) is 0 Å². The van der Waals surface area contributed by atoms with Crippen molar-refractivity contribution in [1.29, 1.82) is 0 Å². The predicted octanol–water partition coefficient (Wildman–Crippen LogP) is 1.56. The van der Waals surface area contributed by atoms with E-state index in [9.17, 15) is 23.7 Å². The highest BCUT2D eigenvalue weighted by Crippen LogP contribution is 2.29. The molecule has 0 saturated carbocycles. The molecule has 1 rings (SSSR count). The number of amides is 1. The number of hydrogen-bond donors (Lipinski definition) is 2. The molecule has 9 heteroatoms. The lowest BCUT2D eigenvalue weighted by molar-refractivity contribution is -0.384. The first-order chi connectivity index (χ1) is 9.16. The maximum Gasteiger partial charge on any atom is 0.293 e. The van der Waals surface area contributed by atoms with E-state index < -0.39 is 28.5 Å². The number of nitrogens with zero attached hydrogens (tertiary/aromatic N) is 1. The first kappa shape index (κ1) is 15.8. The first-order valence-electron chi connectivity index (χ1n) is 5.36. The highest BCUT2D eigenvalue weighted by atomic mass is 19.3. The van der Waals surface area contributed by atoms with E-state index in [0.717, 1.165) is 12.1 Å². The molecule has 1 amide bonds. The molecule has 0 fully saturated rings. The molecule has 0 bridgehead atoms. The number of carbonyl (C=O) groups is 1. The van der Waals surface area contributed by atoms with Crippen LogP contribution in [-0.2, 0) is 4.79 Å². The highest BCUT2D eigenvalue weighted by molar-refractivity contribution is 5.96. The molecule has 1 atom stereocenters. The monoisotopic (exact) mass is 290 g/mol. The van der Waals surface area contributed by atoms with Crippen LogP contribution in [-0.4, -0.2) is 35.1 Å². The van der Waals surface area contributed by atoms with Gasteiger partial charge >= 0.3 is 0 Å². The van der Waals surface area contributed by atoms with Crippen molar-refractivity contribution in [3.8, 4) is 5.75 Å². The van der Waals surface area contributed by atoms with E-state index in [2.05, 4.69) is 0 Å². The largest absolute Gasteiger partial charge is 0.497 e. The van der Waals surface area contributed by atoms with Gasteiger partial charge in [-0.2, -0.15) is 0 Å². The van der Waals surface area contributed by atoms with Gasteiger partial charge in [-0.05, 0) is 6.07 Å². The molecule has 0 aliphatic heterocycles. The summed E-state index contributed by atoms with van der Waals surface area (Å²) in [5.74, 6) is -4.94. The Labute approximate surface area is 112 Å². The lowest BCUT2D eigenvalue weighted by atomic mass is 10.2. The van der Waals surface area contributed by atoms with Crippen LogP contribution in [0.25, 0.3) is 0 Å². The Kier molecular flexibility index (Phi) is 4.56.